The number of nitrogens with one attached hydrogen (secondary N) is 1. The summed E-state index contributed by atoms with van der Waals surface area (Å²) in [6, 6.07) is 0. The fourth-order valence-electron chi connectivity index (χ4n) is 2.24. The molecule has 0 spiro atoms. The van der Waals surface area contributed by atoms with Crippen LogP contribution in [0.3, 0.4) is 0 Å². The molecule has 2 saturated heterocycles. The van der Waals surface area contributed by atoms with Crippen molar-refractivity contribution >= 4 is 5.91 Å². The molecule has 0 aromatic heterocycles. The molecule has 2 fully saturated rings. The number of carbonyl (C=O) groups excluding carboxylic acids is 1. The van der Waals surface area contributed by atoms with Gasteiger partial charge in [-0.05, 0) is 25.4 Å². The van der Waals surface area contributed by atoms with Crippen LogP contribution in [0.4, 0.5) is 0 Å². The molecule has 2 aliphatic rings. The molecule has 0 aliphatic carbocycles. The van der Waals surface area contributed by atoms with Gasteiger partial charge in [0.2, 0.25) is 5.91 Å². The Hall–Kier alpha value is -0.650. The van der Waals surface area contributed by atoms with Crippen LogP contribution in [0.25, 0.3) is 0 Å². The second-order valence-electron chi connectivity index (χ2n) is 4.50. The lowest BCUT2D eigenvalue weighted by atomic mass is 10.0. The second-order valence-corrected chi connectivity index (χ2v) is 4.50. The van der Waals surface area contributed by atoms with E-state index in [0.29, 0.717) is 12.3 Å². The Morgan fingerprint density at radius 1 is 1.33 bits per heavy atom. The first kappa shape index (κ1) is 10.9. The first-order chi connectivity index (χ1) is 7.16. The molecule has 3 unspecified atom stereocenters. The molecular weight excluding hydrogens is 196 g/mol. The SMILES string of the molecule is O=C(CC1CCNC1)N1CC(O)C(O)C1. The van der Waals surface area contributed by atoms with Crippen molar-refractivity contribution in [1.29, 1.82) is 0 Å². The third-order valence-corrected chi connectivity index (χ3v) is 3.24. The topological polar surface area (TPSA) is 72.8 Å². The molecule has 86 valence electrons. The summed E-state index contributed by atoms with van der Waals surface area (Å²) < 4.78 is 0. The van der Waals surface area contributed by atoms with Crippen LogP contribution in [0, 0.1) is 5.92 Å². The number of hydrogen-bond donors (Lipinski definition) is 3. The monoisotopic (exact) mass is 214 g/mol. The maximum atomic E-state index is 11.8. The molecule has 0 aromatic rings. The Kier molecular flexibility index (Phi) is 3.23. The normalized spacial score (nSPS) is 36.1. The van der Waals surface area contributed by atoms with E-state index in [-0.39, 0.29) is 19.0 Å². The first-order valence-corrected chi connectivity index (χ1v) is 5.51. The van der Waals surface area contributed by atoms with Gasteiger partial charge in [0, 0.05) is 19.5 Å². The van der Waals surface area contributed by atoms with Crippen molar-refractivity contribution in [2.24, 2.45) is 5.92 Å². The lowest BCUT2D eigenvalue weighted by Crippen LogP contribution is -2.31. The van der Waals surface area contributed by atoms with Gasteiger partial charge in [-0.3, -0.25) is 4.79 Å². The number of likely N-dealkylation sites (tertiary alicyclic amines) is 1. The third-order valence-electron chi connectivity index (χ3n) is 3.24. The number of aliphatic hydroxyl groups is 2. The first-order valence-electron chi connectivity index (χ1n) is 5.51. The fraction of sp³-hybridized carbons (Fsp3) is 0.900. The summed E-state index contributed by atoms with van der Waals surface area (Å²) in [7, 11) is 0. The van der Waals surface area contributed by atoms with Gasteiger partial charge in [-0.25, -0.2) is 0 Å². The molecular formula is C10H18N2O3. The lowest BCUT2D eigenvalue weighted by Gasteiger charge is -2.17. The van der Waals surface area contributed by atoms with E-state index in [2.05, 4.69) is 5.32 Å². The Bertz CT molecular complexity index is 231. The van der Waals surface area contributed by atoms with Crippen molar-refractivity contribution in [2.75, 3.05) is 26.2 Å². The molecule has 1 amide bonds. The zero-order valence-electron chi connectivity index (χ0n) is 8.72. The van der Waals surface area contributed by atoms with Crippen molar-refractivity contribution in [1.82, 2.24) is 10.2 Å². The molecule has 2 heterocycles. The zero-order valence-corrected chi connectivity index (χ0v) is 8.72. The highest BCUT2D eigenvalue weighted by molar-refractivity contribution is 5.77. The lowest BCUT2D eigenvalue weighted by molar-refractivity contribution is -0.131. The molecule has 5 nitrogen and oxygen atoms in total. The Morgan fingerprint density at radius 3 is 2.53 bits per heavy atom. The van der Waals surface area contributed by atoms with Crippen LogP contribution in [0.2, 0.25) is 0 Å². The van der Waals surface area contributed by atoms with E-state index in [4.69, 9.17) is 0 Å². The molecule has 2 aliphatic heterocycles. The second kappa shape index (κ2) is 4.47. The van der Waals surface area contributed by atoms with Gasteiger partial charge in [0.1, 0.15) is 0 Å². The highest BCUT2D eigenvalue weighted by Gasteiger charge is 2.33. The quantitative estimate of drug-likeness (QED) is 0.526. The van der Waals surface area contributed by atoms with Crippen LogP contribution in [0.15, 0.2) is 0 Å². The largest absolute Gasteiger partial charge is 0.388 e. The number of carbonyl (C=O) groups is 1. The highest BCUT2D eigenvalue weighted by Crippen LogP contribution is 2.17. The van der Waals surface area contributed by atoms with Crippen LogP contribution < -0.4 is 5.32 Å². The maximum absolute atomic E-state index is 11.8. The van der Waals surface area contributed by atoms with Gasteiger partial charge >= 0.3 is 0 Å². The summed E-state index contributed by atoms with van der Waals surface area (Å²) in [5, 5.41) is 21.9. The van der Waals surface area contributed by atoms with E-state index < -0.39 is 12.2 Å². The average Bonchev–Trinajstić information content (AvgIpc) is 2.78. The van der Waals surface area contributed by atoms with Gasteiger partial charge in [0.05, 0.1) is 12.2 Å². The van der Waals surface area contributed by atoms with Crippen LogP contribution in [-0.4, -0.2) is 59.4 Å². The molecule has 3 N–H and O–H groups in total. The van der Waals surface area contributed by atoms with E-state index in [0.717, 1.165) is 19.5 Å². The molecule has 0 bridgehead atoms. The number of β-amino-alcohol motifs (C(OH)–C–C–N with tert-alkyl or cyclic N) is 2. The van der Waals surface area contributed by atoms with Crippen molar-refractivity contribution in [2.45, 2.75) is 25.0 Å². The van der Waals surface area contributed by atoms with Crippen LogP contribution in [0.5, 0.6) is 0 Å². The van der Waals surface area contributed by atoms with Crippen molar-refractivity contribution in [3.8, 4) is 0 Å². The zero-order chi connectivity index (χ0) is 10.8. The number of nitrogens with zero attached hydrogens (tertiary/aromatic N) is 1. The van der Waals surface area contributed by atoms with Gasteiger partial charge < -0.3 is 20.4 Å². The van der Waals surface area contributed by atoms with E-state index in [1.165, 1.54) is 0 Å². The van der Waals surface area contributed by atoms with E-state index in [1.807, 2.05) is 0 Å². The van der Waals surface area contributed by atoms with Gasteiger partial charge in [0.15, 0.2) is 0 Å². The van der Waals surface area contributed by atoms with Gasteiger partial charge in [-0.15, -0.1) is 0 Å². The number of aliphatic hydroxyl groups excluding tert-OH is 2. The summed E-state index contributed by atoms with van der Waals surface area (Å²) >= 11 is 0. The van der Waals surface area contributed by atoms with E-state index in [9.17, 15) is 15.0 Å². The smallest absolute Gasteiger partial charge is 0.223 e. The fourth-order valence-corrected chi connectivity index (χ4v) is 2.24. The summed E-state index contributed by atoms with van der Waals surface area (Å²) in [4.78, 5) is 13.3. The molecule has 3 atom stereocenters. The standard InChI is InChI=1S/C10H18N2O3/c13-8-5-12(6-9(8)14)10(15)3-7-1-2-11-4-7/h7-9,11,13-14H,1-6H2. The molecule has 0 radical (unpaired) electrons. The minimum absolute atomic E-state index is 0.0549. The van der Waals surface area contributed by atoms with Crippen molar-refractivity contribution in [3.63, 3.8) is 0 Å². The molecule has 0 aromatic carbocycles. The summed E-state index contributed by atoms with van der Waals surface area (Å²) in [6.07, 6.45) is 0.0447. The molecule has 2 rings (SSSR count). The van der Waals surface area contributed by atoms with Crippen molar-refractivity contribution in [3.05, 3.63) is 0 Å². The maximum Gasteiger partial charge on any atom is 0.223 e. The molecule has 15 heavy (non-hydrogen) atoms. The van der Waals surface area contributed by atoms with E-state index >= 15 is 0 Å². The molecule has 5 heteroatoms. The van der Waals surface area contributed by atoms with Gasteiger partial charge in [0.25, 0.3) is 0 Å². The third kappa shape index (κ3) is 2.48. The predicted octanol–water partition coefficient (Wildman–Crippen LogP) is -1.45. The summed E-state index contributed by atoms with van der Waals surface area (Å²) in [5.74, 6) is 0.478. The van der Waals surface area contributed by atoms with Gasteiger partial charge in [-0.1, -0.05) is 0 Å². The summed E-state index contributed by atoms with van der Waals surface area (Å²) in [5.41, 5.74) is 0. The highest BCUT2D eigenvalue weighted by atomic mass is 16.3. The van der Waals surface area contributed by atoms with Crippen LogP contribution in [0.1, 0.15) is 12.8 Å². The Labute approximate surface area is 89.1 Å². The van der Waals surface area contributed by atoms with Crippen LogP contribution >= 0.6 is 0 Å². The van der Waals surface area contributed by atoms with Crippen LogP contribution in [-0.2, 0) is 4.79 Å². The molecule has 0 saturated carbocycles. The summed E-state index contributed by atoms with van der Waals surface area (Å²) in [6.45, 7) is 2.45. The minimum Gasteiger partial charge on any atom is -0.388 e. The average molecular weight is 214 g/mol. The number of rotatable bonds is 2. The minimum atomic E-state index is -0.768. The number of amides is 1. The van der Waals surface area contributed by atoms with E-state index in [1.54, 1.807) is 4.90 Å². The number of hydrogen-bond acceptors (Lipinski definition) is 4. The Morgan fingerprint density at radius 2 is 2.00 bits per heavy atom. The van der Waals surface area contributed by atoms with Gasteiger partial charge in [-0.2, -0.15) is 0 Å². The van der Waals surface area contributed by atoms with Crippen molar-refractivity contribution < 1.29 is 15.0 Å². The Balaban J connectivity index is 1.81. The predicted molar refractivity (Wildman–Crippen MR) is 54.2 cm³/mol.